The molecule has 0 bridgehead atoms. The van der Waals surface area contributed by atoms with E-state index in [1.807, 2.05) is 6.07 Å². The number of fused-ring (bicyclic) bond motifs is 1. The van der Waals surface area contributed by atoms with Crippen LogP contribution in [0.1, 0.15) is 38.4 Å². The fraction of sp³-hybridized carbons (Fsp3) is 0.417. The summed E-state index contributed by atoms with van der Waals surface area (Å²) >= 11 is 6.44. The van der Waals surface area contributed by atoms with Crippen molar-refractivity contribution in [1.82, 2.24) is 14.8 Å². The van der Waals surface area contributed by atoms with Crippen molar-refractivity contribution in [2.24, 2.45) is 0 Å². The van der Waals surface area contributed by atoms with Crippen LogP contribution in [0.5, 0.6) is 0 Å². The van der Waals surface area contributed by atoms with Gasteiger partial charge in [0.05, 0.1) is 0 Å². The van der Waals surface area contributed by atoms with Crippen LogP contribution in [0.15, 0.2) is 48.5 Å². The van der Waals surface area contributed by atoms with Gasteiger partial charge >= 0.3 is 0 Å². The van der Waals surface area contributed by atoms with Crippen molar-refractivity contribution in [3.63, 3.8) is 0 Å². The Morgan fingerprint density at radius 1 is 1.11 bits per heavy atom. The van der Waals surface area contributed by atoms with Gasteiger partial charge < -0.3 is 14.8 Å². The number of nitrogens with one attached hydrogen (secondary N) is 1. The van der Waals surface area contributed by atoms with Crippen LogP contribution in [0.3, 0.4) is 0 Å². The van der Waals surface area contributed by atoms with Crippen molar-refractivity contribution in [1.29, 1.82) is 0 Å². The molecule has 4 rings (SSSR count). The molecule has 1 fully saturated rings. The molecule has 1 atom stereocenters. The van der Waals surface area contributed by atoms with Gasteiger partial charge in [0.1, 0.15) is 0 Å². The molecule has 0 radical (unpaired) electrons. The van der Waals surface area contributed by atoms with Crippen LogP contribution in [0.4, 0.5) is 0 Å². The standard InChI is InChI=1S/C24H30ClN3/c1-3-27(4-2)15-16-28-22-13-12-19(25)17-20(22)23(18-9-6-5-7-10-18)24(28)21-11-8-14-26-21/h5-7,9-10,12-13,17,21,26H,3-4,8,11,14-16H2,1-2H3. The first kappa shape index (κ1) is 19.5. The summed E-state index contributed by atoms with van der Waals surface area (Å²) in [6.07, 6.45) is 2.42. The van der Waals surface area contributed by atoms with E-state index in [2.05, 4.69) is 71.1 Å². The lowest BCUT2D eigenvalue weighted by molar-refractivity contribution is 0.290. The van der Waals surface area contributed by atoms with E-state index in [9.17, 15) is 0 Å². The zero-order chi connectivity index (χ0) is 19.5. The van der Waals surface area contributed by atoms with E-state index in [0.29, 0.717) is 6.04 Å². The lowest BCUT2D eigenvalue weighted by atomic mass is 9.98. The second kappa shape index (κ2) is 8.69. The minimum atomic E-state index is 0.401. The quantitative estimate of drug-likeness (QED) is 0.551. The van der Waals surface area contributed by atoms with Crippen molar-refractivity contribution in [3.05, 3.63) is 59.2 Å². The summed E-state index contributed by atoms with van der Waals surface area (Å²) in [6.45, 7) is 9.82. The zero-order valence-corrected chi connectivity index (χ0v) is 17.7. The molecule has 0 spiro atoms. The van der Waals surface area contributed by atoms with Gasteiger partial charge in [-0.15, -0.1) is 0 Å². The number of rotatable bonds is 7. The third-order valence-electron chi connectivity index (χ3n) is 6.05. The fourth-order valence-electron chi connectivity index (χ4n) is 4.56. The largest absolute Gasteiger partial charge is 0.341 e. The first-order chi connectivity index (χ1) is 13.7. The Morgan fingerprint density at radius 3 is 2.57 bits per heavy atom. The molecule has 0 saturated carbocycles. The molecule has 2 heterocycles. The second-order valence-corrected chi connectivity index (χ2v) is 8.05. The van der Waals surface area contributed by atoms with Gasteiger partial charge in [0.25, 0.3) is 0 Å². The van der Waals surface area contributed by atoms with Crippen LogP contribution in [0, 0.1) is 0 Å². The summed E-state index contributed by atoms with van der Waals surface area (Å²) < 4.78 is 2.55. The molecular formula is C24H30ClN3. The zero-order valence-electron chi connectivity index (χ0n) is 16.9. The van der Waals surface area contributed by atoms with Crippen molar-refractivity contribution in [2.45, 2.75) is 39.3 Å². The second-order valence-electron chi connectivity index (χ2n) is 7.62. The monoisotopic (exact) mass is 395 g/mol. The third kappa shape index (κ3) is 3.71. The first-order valence-electron chi connectivity index (χ1n) is 10.6. The minimum absolute atomic E-state index is 0.401. The summed E-state index contributed by atoms with van der Waals surface area (Å²) in [7, 11) is 0. The molecular weight excluding hydrogens is 366 g/mol. The molecule has 2 aromatic carbocycles. The van der Waals surface area contributed by atoms with Crippen LogP contribution in [-0.4, -0.2) is 35.6 Å². The van der Waals surface area contributed by atoms with Crippen molar-refractivity contribution >= 4 is 22.5 Å². The van der Waals surface area contributed by atoms with E-state index < -0.39 is 0 Å². The van der Waals surface area contributed by atoms with E-state index >= 15 is 0 Å². The van der Waals surface area contributed by atoms with E-state index in [1.165, 1.54) is 40.6 Å². The predicted octanol–water partition coefficient (Wildman–Crippen LogP) is 5.73. The first-order valence-corrected chi connectivity index (χ1v) is 10.9. The molecule has 1 aliphatic rings. The average molecular weight is 396 g/mol. The maximum Gasteiger partial charge on any atom is 0.0491 e. The van der Waals surface area contributed by atoms with E-state index in [0.717, 1.165) is 37.7 Å². The number of likely N-dealkylation sites (N-methyl/N-ethyl adjacent to an activating group) is 1. The van der Waals surface area contributed by atoms with Crippen molar-refractivity contribution in [2.75, 3.05) is 26.2 Å². The average Bonchev–Trinajstić information content (AvgIpc) is 3.35. The van der Waals surface area contributed by atoms with Crippen LogP contribution < -0.4 is 5.32 Å². The number of hydrogen-bond acceptors (Lipinski definition) is 2. The smallest absolute Gasteiger partial charge is 0.0491 e. The molecule has 1 N–H and O–H groups in total. The van der Waals surface area contributed by atoms with Gasteiger partial charge in [0.15, 0.2) is 0 Å². The molecule has 4 heteroatoms. The van der Waals surface area contributed by atoms with Gasteiger partial charge in [-0.25, -0.2) is 0 Å². The molecule has 148 valence electrons. The highest BCUT2D eigenvalue weighted by atomic mass is 35.5. The highest BCUT2D eigenvalue weighted by Crippen LogP contribution is 2.41. The fourth-order valence-corrected chi connectivity index (χ4v) is 4.73. The van der Waals surface area contributed by atoms with Crippen LogP contribution >= 0.6 is 11.6 Å². The van der Waals surface area contributed by atoms with Crippen LogP contribution in [0.2, 0.25) is 5.02 Å². The lowest BCUT2D eigenvalue weighted by Gasteiger charge is -2.22. The molecule has 3 aromatic rings. The number of aromatic nitrogens is 1. The topological polar surface area (TPSA) is 20.2 Å². The maximum atomic E-state index is 6.44. The Bertz CT molecular complexity index is 922. The Labute approximate surface area is 173 Å². The predicted molar refractivity (Wildman–Crippen MR) is 120 cm³/mol. The molecule has 1 unspecified atom stereocenters. The number of halogens is 1. The van der Waals surface area contributed by atoms with Crippen molar-refractivity contribution in [3.8, 4) is 11.1 Å². The van der Waals surface area contributed by atoms with Gasteiger partial charge in [-0.05, 0) is 56.2 Å². The van der Waals surface area contributed by atoms with Gasteiger partial charge in [-0.1, -0.05) is 55.8 Å². The summed E-state index contributed by atoms with van der Waals surface area (Å²) in [4.78, 5) is 2.50. The molecule has 28 heavy (non-hydrogen) atoms. The summed E-state index contributed by atoms with van der Waals surface area (Å²) in [6, 6.07) is 17.6. The summed E-state index contributed by atoms with van der Waals surface area (Å²) in [5.41, 5.74) is 5.34. The van der Waals surface area contributed by atoms with E-state index in [-0.39, 0.29) is 0 Å². The Kier molecular flexibility index (Phi) is 6.05. The van der Waals surface area contributed by atoms with Gasteiger partial charge in [-0.3, -0.25) is 0 Å². The number of benzene rings is 2. The minimum Gasteiger partial charge on any atom is -0.341 e. The molecule has 1 aromatic heterocycles. The summed E-state index contributed by atoms with van der Waals surface area (Å²) in [5.74, 6) is 0. The maximum absolute atomic E-state index is 6.44. The Hall–Kier alpha value is -1.81. The van der Waals surface area contributed by atoms with Crippen LogP contribution in [0.25, 0.3) is 22.0 Å². The molecule has 0 aliphatic carbocycles. The molecule has 1 aliphatic heterocycles. The van der Waals surface area contributed by atoms with E-state index in [1.54, 1.807) is 0 Å². The van der Waals surface area contributed by atoms with Gasteiger partial charge in [-0.2, -0.15) is 0 Å². The molecule has 0 amide bonds. The van der Waals surface area contributed by atoms with Gasteiger partial charge in [0.2, 0.25) is 0 Å². The van der Waals surface area contributed by atoms with Gasteiger partial charge in [0, 0.05) is 46.3 Å². The third-order valence-corrected chi connectivity index (χ3v) is 6.29. The van der Waals surface area contributed by atoms with E-state index in [4.69, 9.17) is 11.6 Å². The molecule has 3 nitrogen and oxygen atoms in total. The lowest BCUT2D eigenvalue weighted by Crippen LogP contribution is -2.28. The Morgan fingerprint density at radius 2 is 1.89 bits per heavy atom. The SMILES string of the molecule is CCN(CC)CCn1c(C2CCCN2)c(-c2ccccc2)c2cc(Cl)ccc21. The normalized spacial score (nSPS) is 17.1. The van der Waals surface area contributed by atoms with Crippen LogP contribution in [-0.2, 0) is 6.54 Å². The van der Waals surface area contributed by atoms with Crippen molar-refractivity contribution < 1.29 is 0 Å². The Balaban J connectivity index is 1.91. The number of hydrogen-bond donors (Lipinski definition) is 1. The highest BCUT2D eigenvalue weighted by molar-refractivity contribution is 6.31. The summed E-state index contributed by atoms with van der Waals surface area (Å²) in [5, 5.41) is 5.82. The molecule has 1 saturated heterocycles. The number of nitrogens with zero attached hydrogens (tertiary/aromatic N) is 2. The highest BCUT2D eigenvalue weighted by Gasteiger charge is 2.27.